The molecule has 1 aliphatic rings. The number of thiophene rings is 1. The van der Waals surface area contributed by atoms with Crippen molar-refractivity contribution in [3.63, 3.8) is 0 Å². The third-order valence-corrected chi connectivity index (χ3v) is 7.36. The van der Waals surface area contributed by atoms with E-state index in [2.05, 4.69) is 6.07 Å². The van der Waals surface area contributed by atoms with E-state index in [0.717, 1.165) is 15.0 Å². The smallest absolute Gasteiger partial charge is 0.337 e. The van der Waals surface area contributed by atoms with E-state index in [4.69, 9.17) is 0 Å². The molecular formula is C25H19FN4O3S. The molecule has 1 aliphatic heterocycles. The van der Waals surface area contributed by atoms with Crippen molar-refractivity contribution in [2.75, 3.05) is 6.54 Å². The highest BCUT2D eigenvalue weighted by molar-refractivity contribution is 7.18. The maximum atomic E-state index is 13.7. The predicted molar refractivity (Wildman–Crippen MR) is 127 cm³/mol. The van der Waals surface area contributed by atoms with Crippen molar-refractivity contribution in [3.05, 3.63) is 96.8 Å². The lowest BCUT2D eigenvalue weighted by molar-refractivity contribution is -0.129. The minimum absolute atomic E-state index is 0.0489. The van der Waals surface area contributed by atoms with Gasteiger partial charge in [0.1, 0.15) is 10.6 Å². The van der Waals surface area contributed by atoms with Gasteiger partial charge in [0.15, 0.2) is 0 Å². The Morgan fingerprint density at radius 2 is 1.88 bits per heavy atom. The van der Waals surface area contributed by atoms with Crippen LogP contribution in [0.15, 0.2) is 58.1 Å². The SMILES string of the molecule is CC(=O)N1CCc2c(sc3c2c(=O)n(-c2ccc(F)cc2)c(=O)n3Cc2ccccc2C#N)C1. The summed E-state index contributed by atoms with van der Waals surface area (Å²) >= 11 is 1.33. The van der Waals surface area contributed by atoms with Gasteiger partial charge in [-0.05, 0) is 47.9 Å². The Morgan fingerprint density at radius 3 is 2.59 bits per heavy atom. The van der Waals surface area contributed by atoms with Crippen molar-refractivity contribution >= 4 is 27.5 Å². The first kappa shape index (κ1) is 21.8. The minimum Gasteiger partial charge on any atom is -0.337 e. The first-order chi connectivity index (χ1) is 16.4. The number of amides is 1. The highest BCUT2D eigenvalue weighted by Crippen LogP contribution is 2.33. The van der Waals surface area contributed by atoms with Crippen LogP contribution in [-0.4, -0.2) is 26.5 Å². The zero-order chi connectivity index (χ0) is 24.0. The molecule has 2 aromatic heterocycles. The van der Waals surface area contributed by atoms with Crippen LogP contribution in [0.4, 0.5) is 4.39 Å². The summed E-state index contributed by atoms with van der Waals surface area (Å²) < 4.78 is 16.1. The van der Waals surface area contributed by atoms with E-state index in [9.17, 15) is 24.0 Å². The van der Waals surface area contributed by atoms with Crippen LogP contribution >= 0.6 is 11.3 Å². The van der Waals surface area contributed by atoms with Crippen molar-refractivity contribution in [1.29, 1.82) is 5.26 Å². The average molecular weight is 475 g/mol. The topological polar surface area (TPSA) is 88.1 Å². The van der Waals surface area contributed by atoms with Crippen LogP contribution in [0.3, 0.4) is 0 Å². The van der Waals surface area contributed by atoms with Gasteiger partial charge < -0.3 is 4.90 Å². The molecule has 0 N–H and O–H groups in total. The van der Waals surface area contributed by atoms with E-state index in [0.29, 0.717) is 40.9 Å². The molecule has 0 aliphatic carbocycles. The van der Waals surface area contributed by atoms with Gasteiger partial charge in [-0.15, -0.1) is 11.3 Å². The molecular weight excluding hydrogens is 455 g/mol. The lowest BCUT2D eigenvalue weighted by Crippen LogP contribution is -2.39. The Morgan fingerprint density at radius 1 is 1.15 bits per heavy atom. The molecule has 0 bridgehead atoms. The second-order valence-corrected chi connectivity index (χ2v) is 9.21. The monoisotopic (exact) mass is 474 g/mol. The van der Waals surface area contributed by atoms with Crippen molar-refractivity contribution in [2.24, 2.45) is 0 Å². The molecule has 5 rings (SSSR count). The number of benzene rings is 2. The Hall–Kier alpha value is -4.03. The number of nitrogens with zero attached hydrogens (tertiary/aromatic N) is 4. The lowest BCUT2D eigenvalue weighted by atomic mass is 10.0. The molecule has 0 saturated carbocycles. The quantitative estimate of drug-likeness (QED) is 0.456. The minimum atomic E-state index is -0.570. The molecule has 0 saturated heterocycles. The van der Waals surface area contributed by atoms with Gasteiger partial charge in [-0.1, -0.05) is 18.2 Å². The number of aromatic nitrogens is 2. The molecule has 9 heteroatoms. The number of rotatable bonds is 3. The molecule has 4 aromatic rings. The number of carbonyl (C=O) groups is 1. The summed E-state index contributed by atoms with van der Waals surface area (Å²) in [6.07, 6.45) is 0.501. The summed E-state index contributed by atoms with van der Waals surface area (Å²) in [6.45, 7) is 2.47. The maximum Gasteiger partial charge on any atom is 0.337 e. The van der Waals surface area contributed by atoms with Gasteiger partial charge in [0, 0.05) is 18.3 Å². The largest absolute Gasteiger partial charge is 0.337 e. The summed E-state index contributed by atoms with van der Waals surface area (Å²) in [7, 11) is 0. The fraction of sp³-hybridized carbons (Fsp3) is 0.200. The second kappa shape index (κ2) is 8.39. The Bertz CT molecular complexity index is 1610. The number of fused-ring (bicyclic) bond motifs is 3. The van der Waals surface area contributed by atoms with Crippen LogP contribution < -0.4 is 11.2 Å². The van der Waals surface area contributed by atoms with Crippen LogP contribution in [-0.2, 0) is 24.3 Å². The van der Waals surface area contributed by atoms with Crippen LogP contribution in [0.25, 0.3) is 15.9 Å². The number of nitriles is 1. The molecule has 170 valence electrons. The van der Waals surface area contributed by atoms with Crippen molar-refractivity contribution in [3.8, 4) is 11.8 Å². The molecule has 0 atom stereocenters. The van der Waals surface area contributed by atoms with Crippen molar-refractivity contribution in [1.82, 2.24) is 14.0 Å². The van der Waals surface area contributed by atoms with E-state index >= 15 is 0 Å². The van der Waals surface area contributed by atoms with E-state index in [1.165, 1.54) is 47.1 Å². The van der Waals surface area contributed by atoms with Crippen molar-refractivity contribution < 1.29 is 9.18 Å². The summed E-state index contributed by atoms with van der Waals surface area (Å²) in [5, 5.41) is 9.96. The standard InChI is InChI=1S/C25H19FN4O3S/c1-15(31)28-11-10-20-21(14-28)34-24-22(20)23(32)30(19-8-6-18(26)7-9-19)25(33)29(24)13-17-5-3-2-4-16(17)12-27/h2-9H,10-11,13-14H2,1H3. The molecule has 2 aromatic carbocycles. The Balaban J connectivity index is 1.81. The summed E-state index contributed by atoms with van der Waals surface area (Å²) in [5.74, 6) is -0.523. The average Bonchev–Trinajstić information content (AvgIpc) is 3.22. The normalized spacial score (nSPS) is 13.0. The maximum absolute atomic E-state index is 13.7. The molecule has 34 heavy (non-hydrogen) atoms. The molecule has 0 fully saturated rings. The van der Waals surface area contributed by atoms with E-state index in [1.54, 1.807) is 29.2 Å². The molecule has 0 spiro atoms. The van der Waals surface area contributed by atoms with Crippen LogP contribution in [0.2, 0.25) is 0 Å². The molecule has 0 radical (unpaired) electrons. The third kappa shape index (κ3) is 3.53. The highest BCUT2D eigenvalue weighted by Gasteiger charge is 2.27. The summed E-state index contributed by atoms with van der Waals surface area (Å²) in [6, 6.07) is 14.3. The van der Waals surface area contributed by atoms with Gasteiger partial charge in [-0.25, -0.2) is 13.8 Å². The number of hydrogen-bond acceptors (Lipinski definition) is 5. The van der Waals surface area contributed by atoms with Gasteiger partial charge in [-0.2, -0.15) is 5.26 Å². The first-order valence-corrected chi connectivity index (χ1v) is 11.5. The number of carbonyl (C=O) groups excluding carboxylic acids is 1. The second-order valence-electron chi connectivity index (χ2n) is 8.13. The van der Waals surface area contributed by atoms with Gasteiger partial charge >= 0.3 is 5.69 Å². The molecule has 3 heterocycles. The molecule has 0 unspecified atom stereocenters. The van der Waals surface area contributed by atoms with Gasteiger partial charge in [0.2, 0.25) is 5.91 Å². The number of hydrogen-bond donors (Lipinski definition) is 0. The van der Waals surface area contributed by atoms with E-state index in [1.807, 2.05) is 0 Å². The lowest BCUT2D eigenvalue weighted by Gasteiger charge is -2.25. The molecule has 7 nitrogen and oxygen atoms in total. The van der Waals surface area contributed by atoms with Gasteiger partial charge in [-0.3, -0.25) is 14.2 Å². The molecule has 1 amide bonds. The Kier molecular flexibility index (Phi) is 5.38. The zero-order valence-corrected chi connectivity index (χ0v) is 19.1. The highest BCUT2D eigenvalue weighted by atomic mass is 32.1. The summed E-state index contributed by atoms with van der Waals surface area (Å²) in [4.78, 5) is 42.3. The van der Waals surface area contributed by atoms with Crippen molar-refractivity contribution in [2.45, 2.75) is 26.4 Å². The van der Waals surface area contributed by atoms with E-state index < -0.39 is 17.1 Å². The van der Waals surface area contributed by atoms with E-state index in [-0.39, 0.29) is 18.1 Å². The Labute approximate surface area is 197 Å². The van der Waals surface area contributed by atoms with Crippen LogP contribution in [0.5, 0.6) is 0 Å². The number of halogens is 1. The van der Waals surface area contributed by atoms with Crippen LogP contribution in [0.1, 0.15) is 28.5 Å². The predicted octanol–water partition coefficient (Wildman–Crippen LogP) is 3.18. The fourth-order valence-corrected chi connectivity index (χ4v) is 5.72. The summed E-state index contributed by atoms with van der Waals surface area (Å²) in [5.41, 5.74) is 1.15. The zero-order valence-electron chi connectivity index (χ0n) is 18.2. The van der Waals surface area contributed by atoms with Crippen LogP contribution in [0, 0.1) is 17.1 Å². The third-order valence-electron chi connectivity index (χ3n) is 6.12. The van der Waals surface area contributed by atoms with Gasteiger partial charge in [0.05, 0.1) is 35.8 Å². The fourth-order valence-electron chi connectivity index (χ4n) is 4.37. The first-order valence-electron chi connectivity index (χ1n) is 10.7. The van der Waals surface area contributed by atoms with Gasteiger partial charge in [0.25, 0.3) is 5.56 Å².